The molecule has 0 saturated heterocycles. The maximum absolute atomic E-state index is 13.8. The van der Waals surface area contributed by atoms with Gasteiger partial charge in [0.25, 0.3) is 0 Å². The number of rotatable bonds is 35. The Kier molecular flexibility index (Phi) is 33.8. The third-order valence-corrected chi connectivity index (χ3v) is 11.1. The van der Waals surface area contributed by atoms with Crippen LogP contribution in [0.1, 0.15) is 181 Å². The van der Waals surface area contributed by atoms with Gasteiger partial charge in [-0.3, -0.25) is 4.79 Å². The van der Waals surface area contributed by atoms with Gasteiger partial charge in [-0.25, -0.2) is 0 Å². The lowest BCUT2D eigenvalue weighted by Gasteiger charge is -2.28. The van der Waals surface area contributed by atoms with Crippen molar-refractivity contribution in [1.29, 1.82) is 0 Å². The van der Waals surface area contributed by atoms with Gasteiger partial charge in [-0.05, 0) is 39.8 Å². The highest BCUT2D eigenvalue weighted by Gasteiger charge is 2.25. The van der Waals surface area contributed by atoms with Crippen LogP contribution in [-0.4, -0.2) is 73.0 Å². The summed E-state index contributed by atoms with van der Waals surface area (Å²) in [5.41, 5.74) is 0. The van der Waals surface area contributed by atoms with Crippen molar-refractivity contribution >= 4 is 13.7 Å². The van der Waals surface area contributed by atoms with E-state index in [1.54, 1.807) is 0 Å². The molecule has 5 nitrogen and oxygen atoms in total. The lowest BCUT2D eigenvalue weighted by atomic mass is 9.94. The second kappa shape index (κ2) is 34.2. The van der Waals surface area contributed by atoms with Crippen LogP contribution in [0.2, 0.25) is 0 Å². The lowest BCUT2D eigenvalue weighted by Crippen LogP contribution is -2.42. The third-order valence-electron chi connectivity index (χ3n) is 9.40. The predicted octanol–water partition coefficient (Wildman–Crippen LogP) is 11.3. The molecule has 0 aliphatic heterocycles. The van der Waals surface area contributed by atoms with Crippen LogP contribution in [0.25, 0.3) is 0 Å². The molecule has 0 saturated carbocycles. The summed E-state index contributed by atoms with van der Waals surface area (Å²) in [6.07, 6.45) is 36.4. The van der Waals surface area contributed by atoms with E-state index in [1.165, 1.54) is 128 Å². The molecule has 0 aliphatic rings. The van der Waals surface area contributed by atoms with Gasteiger partial charge in [0.1, 0.15) is 0 Å². The Morgan fingerprint density at radius 2 is 1.13 bits per heavy atom. The minimum absolute atomic E-state index is 0.0251. The molecule has 1 amide bonds. The fourth-order valence-electron chi connectivity index (χ4n) is 6.41. The number of carbonyl (C=O) groups is 1. The van der Waals surface area contributed by atoms with Crippen molar-refractivity contribution in [3.05, 3.63) is 12.2 Å². The number of hydrogen-bond acceptors (Lipinski definition) is 4. The van der Waals surface area contributed by atoms with Crippen molar-refractivity contribution in [1.82, 2.24) is 9.80 Å². The van der Waals surface area contributed by atoms with Crippen molar-refractivity contribution in [3.8, 4) is 0 Å². The van der Waals surface area contributed by atoms with Gasteiger partial charge >= 0.3 is 0 Å². The maximum atomic E-state index is 13.8. The van der Waals surface area contributed by atoms with E-state index < -0.39 is 13.9 Å². The number of aliphatic hydroxyl groups is 1. The first-order valence-corrected chi connectivity index (χ1v) is 22.0. The van der Waals surface area contributed by atoms with Crippen LogP contribution in [0.3, 0.4) is 0 Å². The van der Waals surface area contributed by atoms with E-state index in [0.717, 1.165) is 38.6 Å². The number of hydrogen-bond donors (Lipinski definition) is 1. The molecule has 0 spiro atoms. The first kappa shape index (κ1) is 45.4. The molecule has 0 aromatic heterocycles. The molecule has 0 heterocycles. The van der Waals surface area contributed by atoms with Gasteiger partial charge in [-0.2, -0.15) is 0 Å². The molecule has 46 heavy (non-hydrogen) atoms. The monoisotopic (exact) mass is 669 g/mol. The Hall–Kier alpha value is -0.640. The molecule has 274 valence electrons. The van der Waals surface area contributed by atoms with Gasteiger partial charge in [-0.15, -0.1) is 0 Å². The van der Waals surface area contributed by atoms with Crippen molar-refractivity contribution < 1.29 is 14.5 Å². The topological polar surface area (TPSA) is 60.9 Å². The lowest BCUT2D eigenvalue weighted by molar-refractivity contribution is -0.136. The Labute approximate surface area is 288 Å². The number of allylic oxidation sites excluding steroid dienone is 1. The van der Waals surface area contributed by atoms with E-state index in [9.17, 15) is 14.5 Å². The van der Waals surface area contributed by atoms with Crippen LogP contribution in [0, 0.1) is 5.92 Å². The minimum Gasteiger partial charge on any atom is -0.391 e. The van der Waals surface area contributed by atoms with Crippen LogP contribution in [0.5, 0.6) is 0 Å². The number of aliphatic hydroxyl groups excluding tert-OH is 1. The quantitative estimate of drug-likeness (QED) is 0.0415. The summed E-state index contributed by atoms with van der Waals surface area (Å²) in [4.78, 5) is 17.7. The van der Waals surface area contributed by atoms with E-state index in [0.29, 0.717) is 18.9 Å². The van der Waals surface area contributed by atoms with E-state index >= 15 is 0 Å². The Morgan fingerprint density at radius 3 is 1.61 bits per heavy atom. The van der Waals surface area contributed by atoms with Crippen LogP contribution in [0.15, 0.2) is 12.2 Å². The van der Waals surface area contributed by atoms with Crippen molar-refractivity contribution in [2.75, 3.05) is 46.1 Å². The van der Waals surface area contributed by atoms with Crippen molar-refractivity contribution in [2.24, 2.45) is 5.92 Å². The number of unbranched alkanes of at least 4 members (excludes halogenated alkanes) is 20. The SMILES string of the molecule is CCCCCCCCCCCCCC=CCN(CC(O)C[PH](=O)CCN(C)C)C(=O)C(CCC)CCCCCCCCCCCC. The van der Waals surface area contributed by atoms with Crippen molar-refractivity contribution in [3.63, 3.8) is 0 Å². The maximum Gasteiger partial charge on any atom is 0.226 e. The zero-order chi connectivity index (χ0) is 34.1. The van der Waals surface area contributed by atoms with Crippen LogP contribution < -0.4 is 0 Å². The first-order valence-electron chi connectivity index (χ1n) is 20.1. The summed E-state index contributed by atoms with van der Waals surface area (Å²) in [6.45, 7) is 8.32. The molecule has 0 aromatic rings. The zero-order valence-electron chi connectivity index (χ0n) is 31.7. The molecule has 0 fully saturated rings. The molecule has 0 aliphatic carbocycles. The summed E-state index contributed by atoms with van der Waals surface area (Å²) in [7, 11) is 2.10. The summed E-state index contributed by atoms with van der Waals surface area (Å²) < 4.78 is 12.6. The van der Waals surface area contributed by atoms with E-state index in [4.69, 9.17) is 0 Å². The first-order chi connectivity index (χ1) is 22.3. The van der Waals surface area contributed by atoms with Gasteiger partial charge in [0.15, 0.2) is 0 Å². The molecule has 0 radical (unpaired) electrons. The average molecular weight is 669 g/mol. The van der Waals surface area contributed by atoms with Gasteiger partial charge in [0.2, 0.25) is 5.91 Å². The smallest absolute Gasteiger partial charge is 0.226 e. The fourth-order valence-corrected chi connectivity index (χ4v) is 7.96. The fraction of sp³-hybridized carbons (Fsp3) is 0.925. The molecule has 6 heteroatoms. The second-order valence-electron chi connectivity index (χ2n) is 14.4. The molecule has 1 N–H and O–H groups in total. The number of carbonyl (C=O) groups excluding carboxylic acids is 1. The Bertz CT molecular complexity index is 715. The zero-order valence-corrected chi connectivity index (χ0v) is 32.7. The van der Waals surface area contributed by atoms with E-state index in [1.807, 2.05) is 23.9 Å². The van der Waals surface area contributed by atoms with Gasteiger partial charge < -0.3 is 19.5 Å². The Balaban J connectivity index is 4.75. The molecular weight excluding hydrogens is 587 g/mol. The molecular formula is C40H81N2O3P. The normalized spacial score (nSPS) is 13.9. The van der Waals surface area contributed by atoms with E-state index in [-0.39, 0.29) is 18.4 Å². The molecule has 3 atom stereocenters. The largest absolute Gasteiger partial charge is 0.391 e. The van der Waals surface area contributed by atoms with E-state index in [2.05, 4.69) is 32.9 Å². The summed E-state index contributed by atoms with van der Waals surface area (Å²) in [5.74, 6) is 0.209. The van der Waals surface area contributed by atoms with Crippen molar-refractivity contribution in [2.45, 2.75) is 187 Å². The van der Waals surface area contributed by atoms with Gasteiger partial charge in [0.05, 0.1) is 13.9 Å². The minimum atomic E-state index is -1.86. The van der Waals surface area contributed by atoms with Gasteiger partial charge in [0, 0.05) is 37.9 Å². The highest BCUT2D eigenvalue weighted by Crippen LogP contribution is 2.24. The van der Waals surface area contributed by atoms with Gasteiger partial charge in [-0.1, -0.05) is 168 Å². The molecule has 0 aromatic carbocycles. The highest BCUT2D eigenvalue weighted by molar-refractivity contribution is 7.44. The van der Waals surface area contributed by atoms with Crippen LogP contribution in [0.4, 0.5) is 0 Å². The molecule has 0 bridgehead atoms. The predicted molar refractivity (Wildman–Crippen MR) is 205 cm³/mol. The standard InChI is InChI=1S/C40H81N2O3P/c1-6-9-11-13-15-17-19-20-21-22-24-26-28-30-33-42(36-39(43)37-46(45)35-34-41(4)5)40(44)38(31-8-3)32-29-27-25-23-18-16-14-12-10-7-2/h28,30,38-39,43,46H,6-27,29,31-37H2,1-5H3. The molecule has 0 rings (SSSR count). The summed E-state index contributed by atoms with van der Waals surface area (Å²) in [6, 6.07) is 0. The number of amides is 1. The second-order valence-corrected chi connectivity index (χ2v) is 16.4. The molecule has 3 unspecified atom stereocenters. The van der Waals surface area contributed by atoms with Crippen LogP contribution in [-0.2, 0) is 9.36 Å². The van der Waals surface area contributed by atoms with Crippen LogP contribution >= 0.6 is 7.80 Å². The summed E-state index contributed by atoms with van der Waals surface area (Å²) in [5, 5.41) is 10.9. The Morgan fingerprint density at radius 1 is 0.652 bits per heavy atom. The number of nitrogens with zero attached hydrogens (tertiary/aromatic N) is 2. The summed E-state index contributed by atoms with van der Waals surface area (Å²) >= 11 is 0. The highest BCUT2D eigenvalue weighted by atomic mass is 31.1. The average Bonchev–Trinajstić information content (AvgIpc) is 3.03. The third kappa shape index (κ3) is 29.5.